The van der Waals surface area contributed by atoms with Crippen LogP contribution in [-0.4, -0.2) is 33.9 Å². The van der Waals surface area contributed by atoms with Crippen LogP contribution >= 0.6 is 0 Å². The molecule has 2 aromatic rings. The lowest BCUT2D eigenvalue weighted by atomic mass is 10.1. The SMILES string of the molecule is CCCCCOC1C=C(C=O)C(OCc2cccnc2-c2ccnn2C(C)C)=CN1. The molecule has 1 aliphatic heterocycles. The first-order chi connectivity index (χ1) is 14.6. The standard InChI is InChI=1S/C23H30N4O3/c1-4-5-6-12-29-22-13-19(15-28)21(14-25-22)30-16-18-8-7-10-24-23(18)20-9-11-26-27(20)17(2)3/h7-11,13-15,17,22,25H,4-6,12,16H2,1-3H3. The third kappa shape index (κ3) is 5.36. The lowest BCUT2D eigenvalue weighted by molar-refractivity contribution is -0.105. The lowest BCUT2D eigenvalue weighted by Gasteiger charge is -2.22. The fourth-order valence-electron chi connectivity index (χ4n) is 3.27. The number of carbonyl (C=O) groups is 1. The Balaban J connectivity index is 1.68. The number of allylic oxidation sites excluding steroid dienone is 1. The number of carbonyl (C=O) groups excluding carboxylic acids is 1. The van der Waals surface area contributed by atoms with Crippen LogP contribution in [0, 0.1) is 0 Å². The van der Waals surface area contributed by atoms with Gasteiger partial charge >= 0.3 is 0 Å². The van der Waals surface area contributed by atoms with Gasteiger partial charge in [-0.05, 0) is 38.5 Å². The molecule has 0 spiro atoms. The van der Waals surface area contributed by atoms with Crippen LogP contribution in [0.4, 0.5) is 0 Å². The number of hydrogen-bond donors (Lipinski definition) is 1. The van der Waals surface area contributed by atoms with Crippen molar-refractivity contribution in [3.8, 4) is 11.4 Å². The topological polar surface area (TPSA) is 78.3 Å². The number of pyridine rings is 1. The van der Waals surface area contributed by atoms with Gasteiger partial charge < -0.3 is 14.8 Å². The molecular formula is C23H30N4O3. The number of nitrogens with one attached hydrogen (secondary N) is 1. The van der Waals surface area contributed by atoms with E-state index in [0.29, 0.717) is 17.9 Å². The summed E-state index contributed by atoms with van der Waals surface area (Å²) in [5.41, 5.74) is 3.16. The van der Waals surface area contributed by atoms with Crippen molar-refractivity contribution in [3.63, 3.8) is 0 Å². The number of aromatic nitrogens is 3. The Morgan fingerprint density at radius 1 is 1.27 bits per heavy atom. The summed E-state index contributed by atoms with van der Waals surface area (Å²) in [6.07, 6.45) is 10.7. The zero-order valence-corrected chi connectivity index (χ0v) is 17.9. The molecule has 0 saturated carbocycles. The van der Waals surface area contributed by atoms with Gasteiger partial charge in [0.1, 0.15) is 18.6 Å². The molecule has 0 fully saturated rings. The number of rotatable bonds is 11. The Morgan fingerprint density at radius 2 is 2.13 bits per heavy atom. The molecule has 1 unspecified atom stereocenters. The minimum absolute atomic E-state index is 0.217. The van der Waals surface area contributed by atoms with Crippen LogP contribution in [0.15, 0.2) is 54.2 Å². The summed E-state index contributed by atoms with van der Waals surface area (Å²) in [6.45, 7) is 7.25. The largest absolute Gasteiger partial charge is 0.487 e. The molecule has 0 amide bonds. The van der Waals surface area contributed by atoms with E-state index >= 15 is 0 Å². The molecule has 1 aliphatic rings. The molecule has 7 nitrogen and oxygen atoms in total. The maximum atomic E-state index is 11.6. The van der Waals surface area contributed by atoms with Crippen LogP contribution in [-0.2, 0) is 20.9 Å². The highest BCUT2D eigenvalue weighted by atomic mass is 16.5. The summed E-state index contributed by atoms with van der Waals surface area (Å²) in [5, 5.41) is 7.54. The van der Waals surface area contributed by atoms with Crippen molar-refractivity contribution >= 4 is 6.29 Å². The number of aldehydes is 1. The highest BCUT2D eigenvalue weighted by Gasteiger charge is 2.18. The smallest absolute Gasteiger partial charge is 0.153 e. The van der Waals surface area contributed by atoms with Gasteiger partial charge in [0.25, 0.3) is 0 Å². The summed E-state index contributed by atoms with van der Waals surface area (Å²) in [6, 6.07) is 6.02. The predicted molar refractivity (Wildman–Crippen MR) is 115 cm³/mol. The molecule has 1 N–H and O–H groups in total. The van der Waals surface area contributed by atoms with Crippen LogP contribution < -0.4 is 5.32 Å². The first-order valence-electron chi connectivity index (χ1n) is 10.5. The van der Waals surface area contributed by atoms with Gasteiger partial charge in [0, 0.05) is 36.8 Å². The van der Waals surface area contributed by atoms with E-state index in [1.54, 1.807) is 24.7 Å². The fourth-order valence-corrected chi connectivity index (χ4v) is 3.27. The third-order valence-corrected chi connectivity index (χ3v) is 4.84. The molecule has 0 radical (unpaired) electrons. The molecule has 160 valence electrons. The molecular weight excluding hydrogens is 380 g/mol. The van der Waals surface area contributed by atoms with Gasteiger partial charge in [0.05, 0.1) is 17.0 Å². The number of ether oxygens (including phenoxy) is 2. The normalized spacial score (nSPS) is 16.1. The van der Waals surface area contributed by atoms with Crippen LogP contribution in [0.3, 0.4) is 0 Å². The van der Waals surface area contributed by atoms with Gasteiger partial charge in [-0.25, -0.2) is 0 Å². The molecule has 3 rings (SSSR count). The zero-order chi connectivity index (χ0) is 21.3. The van der Waals surface area contributed by atoms with Crippen molar-refractivity contribution in [3.05, 3.63) is 59.8 Å². The van der Waals surface area contributed by atoms with Crippen molar-refractivity contribution in [2.45, 2.75) is 58.9 Å². The van der Waals surface area contributed by atoms with E-state index in [-0.39, 0.29) is 18.9 Å². The number of dihydropyridines is 1. The van der Waals surface area contributed by atoms with E-state index in [9.17, 15) is 4.79 Å². The van der Waals surface area contributed by atoms with Gasteiger partial charge in [-0.2, -0.15) is 5.10 Å². The molecule has 0 aromatic carbocycles. The maximum Gasteiger partial charge on any atom is 0.153 e. The second kappa shape index (κ2) is 10.7. The van der Waals surface area contributed by atoms with Crippen molar-refractivity contribution in [1.29, 1.82) is 0 Å². The third-order valence-electron chi connectivity index (χ3n) is 4.84. The predicted octanol–water partition coefficient (Wildman–Crippen LogP) is 4.15. The molecule has 2 aromatic heterocycles. The fraction of sp³-hybridized carbons (Fsp3) is 0.435. The second-order valence-electron chi connectivity index (χ2n) is 7.47. The van der Waals surface area contributed by atoms with E-state index in [1.165, 1.54) is 0 Å². The molecule has 30 heavy (non-hydrogen) atoms. The number of hydrogen-bond acceptors (Lipinski definition) is 6. The van der Waals surface area contributed by atoms with E-state index in [0.717, 1.165) is 42.5 Å². The van der Waals surface area contributed by atoms with Gasteiger partial charge in [0.2, 0.25) is 0 Å². The average Bonchev–Trinajstić information content (AvgIpc) is 3.26. The Labute approximate surface area is 177 Å². The molecule has 0 bridgehead atoms. The highest BCUT2D eigenvalue weighted by molar-refractivity contribution is 5.79. The Bertz CT molecular complexity index is 901. The monoisotopic (exact) mass is 410 g/mol. The van der Waals surface area contributed by atoms with Crippen molar-refractivity contribution in [2.24, 2.45) is 0 Å². The molecule has 0 aliphatic carbocycles. The molecule has 3 heterocycles. The van der Waals surface area contributed by atoms with Crippen LogP contribution in [0.5, 0.6) is 0 Å². The van der Waals surface area contributed by atoms with Crippen molar-refractivity contribution < 1.29 is 14.3 Å². The van der Waals surface area contributed by atoms with Gasteiger partial charge in [0.15, 0.2) is 6.29 Å². The minimum atomic E-state index is -0.316. The van der Waals surface area contributed by atoms with Crippen LogP contribution in [0.25, 0.3) is 11.4 Å². The summed E-state index contributed by atoms with van der Waals surface area (Å²) >= 11 is 0. The quantitative estimate of drug-likeness (QED) is 0.443. The summed E-state index contributed by atoms with van der Waals surface area (Å²) in [4.78, 5) is 16.1. The Kier molecular flexibility index (Phi) is 7.79. The van der Waals surface area contributed by atoms with Crippen molar-refractivity contribution in [2.75, 3.05) is 6.61 Å². The first-order valence-corrected chi connectivity index (χ1v) is 10.5. The lowest BCUT2D eigenvalue weighted by Crippen LogP contribution is -2.30. The van der Waals surface area contributed by atoms with E-state index in [2.05, 4.69) is 36.2 Å². The minimum Gasteiger partial charge on any atom is -0.487 e. The molecule has 0 saturated heterocycles. The van der Waals surface area contributed by atoms with Crippen molar-refractivity contribution in [1.82, 2.24) is 20.1 Å². The van der Waals surface area contributed by atoms with E-state index in [4.69, 9.17) is 9.47 Å². The van der Waals surface area contributed by atoms with Crippen LogP contribution in [0.2, 0.25) is 0 Å². The second-order valence-corrected chi connectivity index (χ2v) is 7.47. The van der Waals surface area contributed by atoms with E-state index in [1.807, 2.05) is 22.9 Å². The Morgan fingerprint density at radius 3 is 2.90 bits per heavy atom. The summed E-state index contributed by atoms with van der Waals surface area (Å²) in [5.74, 6) is 0.491. The number of nitrogens with zero attached hydrogens (tertiary/aromatic N) is 3. The maximum absolute atomic E-state index is 11.6. The number of unbranched alkanes of at least 4 members (excludes halogenated alkanes) is 2. The molecule has 7 heteroatoms. The molecule has 1 atom stereocenters. The van der Waals surface area contributed by atoms with Gasteiger partial charge in [-0.1, -0.05) is 25.8 Å². The average molecular weight is 411 g/mol. The van der Waals surface area contributed by atoms with E-state index < -0.39 is 0 Å². The summed E-state index contributed by atoms with van der Waals surface area (Å²) < 4.78 is 13.7. The van der Waals surface area contributed by atoms with Gasteiger partial charge in [-0.3, -0.25) is 14.5 Å². The first kappa shape index (κ1) is 21.8. The zero-order valence-electron chi connectivity index (χ0n) is 17.9. The van der Waals surface area contributed by atoms with Crippen LogP contribution in [0.1, 0.15) is 51.6 Å². The Hall–Kier alpha value is -2.93. The highest BCUT2D eigenvalue weighted by Crippen LogP contribution is 2.25. The summed E-state index contributed by atoms with van der Waals surface area (Å²) in [7, 11) is 0. The van der Waals surface area contributed by atoms with Gasteiger partial charge in [-0.15, -0.1) is 0 Å².